The summed E-state index contributed by atoms with van der Waals surface area (Å²) < 4.78 is 5.16. The lowest BCUT2D eigenvalue weighted by atomic mass is 9.97. The fourth-order valence-corrected chi connectivity index (χ4v) is 0.723. The molecule has 2 nitrogen and oxygen atoms in total. The number of methoxy groups -OCH3 is 1. The molecule has 2 heteroatoms. The van der Waals surface area contributed by atoms with Crippen molar-refractivity contribution < 1.29 is 9.84 Å². The average molecular weight is 158 g/mol. The number of hydrogen-bond donors (Lipinski definition) is 1. The van der Waals surface area contributed by atoms with Crippen LogP contribution in [0.1, 0.15) is 27.2 Å². The van der Waals surface area contributed by atoms with Gasteiger partial charge in [-0.05, 0) is 20.8 Å². The predicted molar refractivity (Wildman–Crippen MR) is 46.5 cm³/mol. The molecule has 0 heterocycles. The van der Waals surface area contributed by atoms with Crippen molar-refractivity contribution in [2.45, 2.75) is 38.9 Å². The SMILES string of the molecule is C=C(C)C(O)CC(C)(C)OC. The van der Waals surface area contributed by atoms with Crippen LogP contribution in [0.15, 0.2) is 12.2 Å². The van der Waals surface area contributed by atoms with Crippen molar-refractivity contribution in [3.63, 3.8) is 0 Å². The van der Waals surface area contributed by atoms with Gasteiger partial charge in [0, 0.05) is 13.5 Å². The first-order valence-corrected chi connectivity index (χ1v) is 3.77. The molecular formula is C9H18O2. The molecule has 11 heavy (non-hydrogen) atoms. The Morgan fingerprint density at radius 1 is 1.64 bits per heavy atom. The molecule has 0 amide bonds. The Morgan fingerprint density at radius 2 is 2.09 bits per heavy atom. The maximum Gasteiger partial charge on any atom is 0.0772 e. The molecular weight excluding hydrogens is 140 g/mol. The van der Waals surface area contributed by atoms with Gasteiger partial charge in [-0.25, -0.2) is 0 Å². The van der Waals surface area contributed by atoms with Gasteiger partial charge in [-0.1, -0.05) is 12.2 Å². The van der Waals surface area contributed by atoms with Crippen LogP contribution in [0.25, 0.3) is 0 Å². The molecule has 0 saturated heterocycles. The molecule has 0 saturated carbocycles. The van der Waals surface area contributed by atoms with Gasteiger partial charge >= 0.3 is 0 Å². The molecule has 1 N–H and O–H groups in total. The van der Waals surface area contributed by atoms with Crippen LogP contribution in [0.4, 0.5) is 0 Å². The fraction of sp³-hybridized carbons (Fsp3) is 0.778. The van der Waals surface area contributed by atoms with Crippen molar-refractivity contribution >= 4 is 0 Å². The summed E-state index contributed by atoms with van der Waals surface area (Å²) in [5.41, 5.74) is 0.522. The Kier molecular flexibility index (Phi) is 3.76. The van der Waals surface area contributed by atoms with E-state index in [2.05, 4.69) is 6.58 Å². The molecule has 0 aliphatic heterocycles. The molecule has 0 aromatic carbocycles. The third-order valence-corrected chi connectivity index (χ3v) is 1.81. The van der Waals surface area contributed by atoms with Gasteiger partial charge in [-0.3, -0.25) is 0 Å². The summed E-state index contributed by atoms with van der Waals surface area (Å²) in [6, 6.07) is 0. The molecule has 0 aromatic heterocycles. The molecule has 1 unspecified atom stereocenters. The lowest BCUT2D eigenvalue weighted by Gasteiger charge is -2.25. The Morgan fingerprint density at radius 3 is 2.36 bits per heavy atom. The molecule has 0 fully saturated rings. The van der Waals surface area contributed by atoms with Crippen molar-refractivity contribution in [1.82, 2.24) is 0 Å². The first kappa shape index (κ1) is 10.7. The largest absolute Gasteiger partial charge is 0.389 e. The average Bonchev–Trinajstić information content (AvgIpc) is 1.87. The van der Waals surface area contributed by atoms with Gasteiger partial charge in [0.05, 0.1) is 11.7 Å². The van der Waals surface area contributed by atoms with Crippen LogP contribution >= 0.6 is 0 Å². The molecule has 0 aromatic rings. The van der Waals surface area contributed by atoms with Gasteiger partial charge in [-0.15, -0.1) is 0 Å². The third-order valence-electron chi connectivity index (χ3n) is 1.81. The van der Waals surface area contributed by atoms with E-state index >= 15 is 0 Å². The highest BCUT2D eigenvalue weighted by Gasteiger charge is 2.21. The van der Waals surface area contributed by atoms with Gasteiger partial charge < -0.3 is 9.84 Å². The van der Waals surface area contributed by atoms with Gasteiger partial charge in [0.1, 0.15) is 0 Å². The summed E-state index contributed by atoms with van der Waals surface area (Å²) in [7, 11) is 1.64. The van der Waals surface area contributed by atoms with Crippen molar-refractivity contribution in [3.8, 4) is 0 Å². The minimum atomic E-state index is -0.454. The van der Waals surface area contributed by atoms with Gasteiger partial charge in [0.15, 0.2) is 0 Å². The van der Waals surface area contributed by atoms with Crippen LogP contribution in [0.2, 0.25) is 0 Å². The summed E-state index contributed by atoms with van der Waals surface area (Å²) in [6.45, 7) is 9.37. The highest BCUT2D eigenvalue weighted by molar-refractivity contribution is 4.98. The van der Waals surface area contributed by atoms with Crippen molar-refractivity contribution in [2.24, 2.45) is 0 Å². The zero-order chi connectivity index (χ0) is 9.07. The molecule has 66 valence electrons. The standard InChI is InChI=1S/C9H18O2/c1-7(2)8(10)6-9(3,4)11-5/h8,10H,1,6H2,2-5H3. The van der Waals surface area contributed by atoms with E-state index < -0.39 is 6.10 Å². The summed E-state index contributed by atoms with van der Waals surface area (Å²) in [5, 5.41) is 9.41. The quantitative estimate of drug-likeness (QED) is 0.631. The van der Waals surface area contributed by atoms with E-state index in [4.69, 9.17) is 4.74 Å². The summed E-state index contributed by atoms with van der Waals surface area (Å²) in [5.74, 6) is 0. The van der Waals surface area contributed by atoms with Gasteiger partial charge in [0.25, 0.3) is 0 Å². The Bertz CT molecular complexity index is 138. The first-order chi connectivity index (χ1) is 4.89. The second kappa shape index (κ2) is 3.88. The first-order valence-electron chi connectivity index (χ1n) is 3.77. The lowest BCUT2D eigenvalue weighted by molar-refractivity contribution is -0.0116. The van der Waals surface area contributed by atoms with Gasteiger partial charge in [0.2, 0.25) is 0 Å². The van der Waals surface area contributed by atoms with E-state index in [0.29, 0.717) is 6.42 Å². The van der Waals surface area contributed by atoms with E-state index in [1.807, 2.05) is 20.8 Å². The zero-order valence-electron chi connectivity index (χ0n) is 7.85. The Hall–Kier alpha value is -0.340. The van der Waals surface area contributed by atoms with Crippen LogP contribution in [0, 0.1) is 0 Å². The third kappa shape index (κ3) is 4.17. The fourth-order valence-electron chi connectivity index (χ4n) is 0.723. The van der Waals surface area contributed by atoms with E-state index in [1.54, 1.807) is 7.11 Å². The number of rotatable bonds is 4. The minimum absolute atomic E-state index is 0.266. The second-order valence-corrected chi connectivity index (χ2v) is 3.53. The Labute approximate surface area is 68.9 Å². The van der Waals surface area contributed by atoms with E-state index in [0.717, 1.165) is 5.57 Å². The van der Waals surface area contributed by atoms with Crippen LogP contribution in [-0.4, -0.2) is 23.9 Å². The Balaban J connectivity index is 3.93. The summed E-state index contributed by atoms with van der Waals surface area (Å²) in [6.07, 6.45) is 0.142. The monoisotopic (exact) mass is 158 g/mol. The van der Waals surface area contributed by atoms with Crippen molar-refractivity contribution in [2.75, 3.05) is 7.11 Å². The molecule has 1 atom stereocenters. The molecule has 0 radical (unpaired) electrons. The number of ether oxygens (including phenoxy) is 1. The van der Waals surface area contributed by atoms with Crippen molar-refractivity contribution in [3.05, 3.63) is 12.2 Å². The molecule has 0 aliphatic carbocycles. The second-order valence-electron chi connectivity index (χ2n) is 3.53. The highest BCUT2D eigenvalue weighted by Crippen LogP contribution is 2.18. The maximum atomic E-state index is 9.41. The smallest absolute Gasteiger partial charge is 0.0772 e. The number of aliphatic hydroxyl groups excluding tert-OH is 1. The normalized spacial score (nSPS) is 14.6. The molecule has 0 bridgehead atoms. The van der Waals surface area contributed by atoms with E-state index in [9.17, 15) is 5.11 Å². The topological polar surface area (TPSA) is 29.5 Å². The van der Waals surface area contributed by atoms with Crippen molar-refractivity contribution in [1.29, 1.82) is 0 Å². The van der Waals surface area contributed by atoms with Crippen LogP contribution < -0.4 is 0 Å². The minimum Gasteiger partial charge on any atom is -0.389 e. The molecule has 0 rings (SSSR count). The van der Waals surface area contributed by atoms with E-state index in [-0.39, 0.29) is 5.60 Å². The lowest BCUT2D eigenvalue weighted by Crippen LogP contribution is -2.29. The van der Waals surface area contributed by atoms with Gasteiger partial charge in [-0.2, -0.15) is 0 Å². The van der Waals surface area contributed by atoms with E-state index in [1.165, 1.54) is 0 Å². The van der Waals surface area contributed by atoms with Crippen LogP contribution in [0.3, 0.4) is 0 Å². The number of aliphatic hydroxyl groups is 1. The molecule has 0 aliphatic rings. The zero-order valence-corrected chi connectivity index (χ0v) is 7.85. The molecule has 0 spiro atoms. The predicted octanol–water partition coefficient (Wildman–Crippen LogP) is 1.74. The van der Waals surface area contributed by atoms with Crippen LogP contribution in [-0.2, 0) is 4.74 Å². The van der Waals surface area contributed by atoms with Crippen LogP contribution in [0.5, 0.6) is 0 Å². The number of hydrogen-bond acceptors (Lipinski definition) is 2. The highest BCUT2D eigenvalue weighted by atomic mass is 16.5. The maximum absolute atomic E-state index is 9.41. The summed E-state index contributed by atoms with van der Waals surface area (Å²) in [4.78, 5) is 0. The summed E-state index contributed by atoms with van der Waals surface area (Å²) >= 11 is 0.